The Kier molecular flexibility index (Phi) is 7.67. The normalized spacial score (nSPS) is 19.0. The number of nitrogens with zero attached hydrogens (tertiary/aromatic N) is 4. The van der Waals surface area contributed by atoms with E-state index >= 15 is 0 Å². The van der Waals surface area contributed by atoms with E-state index in [4.69, 9.17) is 0 Å². The molecular weight excluding hydrogens is 464 g/mol. The summed E-state index contributed by atoms with van der Waals surface area (Å²) in [5.41, 5.74) is 8.93. The fraction of sp³-hybridized carbons (Fsp3) is 0.517. The number of rotatable bonds is 8. The standard InChI is InChI=1S/C29H40N6O2/c1-4-6-27(28(36)31-24-10-9-22-7-5-8-23(22)19-24)33-17-15-32(16-18-33)25-11-13-26(14-12-25)34-20-30-35(21(2)3)29(34)37/h9-14,19,21,27,30H,4-8,15-18,20H2,1-3H3,(H,31,36). The van der Waals surface area contributed by atoms with Gasteiger partial charge in [0.05, 0.1) is 12.7 Å². The molecule has 2 aromatic carbocycles. The lowest BCUT2D eigenvalue weighted by Gasteiger charge is -2.39. The number of nitrogens with one attached hydrogen (secondary N) is 2. The Labute approximate surface area is 220 Å². The minimum absolute atomic E-state index is 0.0171. The van der Waals surface area contributed by atoms with Crippen LogP contribution in [0.25, 0.3) is 0 Å². The first kappa shape index (κ1) is 25.5. The van der Waals surface area contributed by atoms with Crippen molar-refractivity contribution in [2.45, 2.75) is 65.0 Å². The smallest absolute Gasteiger partial charge is 0.340 e. The highest BCUT2D eigenvalue weighted by molar-refractivity contribution is 5.95. The molecule has 8 nitrogen and oxygen atoms in total. The van der Waals surface area contributed by atoms with Gasteiger partial charge in [0.15, 0.2) is 0 Å². The average Bonchev–Trinajstić information content (AvgIpc) is 3.53. The molecule has 0 aromatic heterocycles. The molecule has 0 bridgehead atoms. The third-order valence-electron chi connectivity index (χ3n) is 7.86. The van der Waals surface area contributed by atoms with Crippen LogP contribution in [0.5, 0.6) is 0 Å². The molecule has 1 atom stereocenters. The number of hydrogen-bond acceptors (Lipinski definition) is 5. The summed E-state index contributed by atoms with van der Waals surface area (Å²) >= 11 is 0. The molecule has 2 aliphatic heterocycles. The molecule has 37 heavy (non-hydrogen) atoms. The first-order chi connectivity index (χ1) is 17.9. The summed E-state index contributed by atoms with van der Waals surface area (Å²) in [6, 6.07) is 14.6. The molecule has 1 unspecified atom stereocenters. The van der Waals surface area contributed by atoms with E-state index < -0.39 is 0 Å². The first-order valence-corrected chi connectivity index (χ1v) is 13.8. The van der Waals surface area contributed by atoms with Gasteiger partial charge in [-0.25, -0.2) is 10.2 Å². The van der Waals surface area contributed by atoms with E-state index in [2.05, 4.69) is 57.8 Å². The number of carbonyl (C=O) groups is 2. The number of benzene rings is 2. The van der Waals surface area contributed by atoms with E-state index in [1.54, 1.807) is 9.91 Å². The second-order valence-corrected chi connectivity index (χ2v) is 10.7. The van der Waals surface area contributed by atoms with Gasteiger partial charge in [-0.3, -0.25) is 19.6 Å². The molecule has 1 aliphatic carbocycles. The summed E-state index contributed by atoms with van der Waals surface area (Å²) in [6.07, 6.45) is 5.31. The van der Waals surface area contributed by atoms with Crippen LogP contribution in [0, 0.1) is 0 Å². The summed E-state index contributed by atoms with van der Waals surface area (Å²) in [7, 11) is 0. The van der Waals surface area contributed by atoms with Crippen molar-refractivity contribution in [2.24, 2.45) is 0 Å². The number of urea groups is 1. The Bertz CT molecular complexity index is 1110. The number of amides is 3. The fourth-order valence-corrected chi connectivity index (χ4v) is 5.78. The summed E-state index contributed by atoms with van der Waals surface area (Å²) in [4.78, 5) is 32.4. The first-order valence-electron chi connectivity index (χ1n) is 13.8. The molecule has 2 aromatic rings. The molecule has 3 amide bonds. The largest absolute Gasteiger partial charge is 0.369 e. The summed E-state index contributed by atoms with van der Waals surface area (Å²) in [5.74, 6) is 0.108. The second kappa shape index (κ2) is 11.1. The molecule has 8 heteroatoms. The van der Waals surface area contributed by atoms with Crippen LogP contribution in [0.1, 0.15) is 51.2 Å². The van der Waals surface area contributed by atoms with Crippen LogP contribution in [-0.4, -0.2) is 66.8 Å². The van der Waals surface area contributed by atoms with E-state index in [-0.39, 0.29) is 24.0 Å². The van der Waals surface area contributed by atoms with Gasteiger partial charge in [-0.05, 0) is 87.1 Å². The van der Waals surface area contributed by atoms with Crippen LogP contribution in [0.3, 0.4) is 0 Å². The highest BCUT2D eigenvalue weighted by atomic mass is 16.2. The lowest BCUT2D eigenvalue weighted by Crippen LogP contribution is -2.53. The summed E-state index contributed by atoms with van der Waals surface area (Å²) < 4.78 is 0. The SMILES string of the molecule is CCCC(C(=O)Nc1ccc2c(c1)CCC2)N1CCN(c2ccc(N3CNN(C(C)C)C3=O)cc2)CC1. The minimum atomic E-state index is -0.111. The monoisotopic (exact) mass is 504 g/mol. The maximum absolute atomic E-state index is 13.3. The Morgan fingerprint density at radius 2 is 1.68 bits per heavy atom. The minimum Gasteiger partial charge on any atom is -0.369 e. The van der Waals surface area contributed by atoms with Crippen molar-refractivity contribution in [3.8, 4) is 0 Å². The van der Waals surface area contributed by atoms with Gasteiger partial charge in [0, 0.05) is 49.3 Å². The van der Waals surface area contributed by atoms with E-state index in [0.717, 1.165) is 68.9 Å². The fourth-order valence-electron chi connectivity index (χ4n) is 5.78. The molecule has 0 radical (unpaired) electrons. The van der Waals surface area contributed by atoms with Crippen LogP contribution in [0.2, 0.25) is 0 Å². The number of hydrazine groups is 1. The predicted octanol–water partition coefficient (Wildman–Crippen LogP) is 4.22. The zero-order valence-electron chi connectivity index (χ0n) is 22.4. The molecule has 0 saturated carbocycles. The van der Waals surface area contributed by atoms with E-state index in [1.807, 2.05) is 26.0 Å². The van der Waals surface area contributed by atoms with Crippen LogP contribution in [-0.2, 0) is 17.6 Å². The Morgan fingerprint density at radius 1 is 0.973 bits per heavy atom. The summed E-state index contributed by atoms with van der Waals surface area (Å²) in [6.45, 7) is 10.1. The molecule has 3 aliphatic rings. The third-order valence-corrected chi connectivity index (χ3v) is 7.86. The van der Waals surface area contributed by atoms with Crippen molar-refractivity contribution in [3.63, 3.8) is 0 Å². The molecule has 2 saturated heterocycles. The highest BCUT2D eigenvalue weighted by Crippen LogP contribution is 2.27. The lowest BCUT2D eigenvalue weighted by atomic mass is 10.1. The van der Waals surface area contributed by atoms with Gasteiger partial charge in [0.2, 0.25) is 5.91 Å². The molecule has 2 fully saturated rings. The van der Waals surface area contributed by atoms with Crippen molar-refractivity contribution in [1.29, 1.82) is 0 Å². The number of fused-ring (bicyclic) bond motifs is 1. The maximum atomic E-state index is 13.3. The maximum Gasteiger partial charge on any atom is 0.340 e. The number of carbonyl (C=O) groups excluding carboxylic acids is 2. The average molecular weight is 505 g/mol. The van der Waals surface area contributed by atoms with E-state index in [1.165, 1.54) is 17.5 Å². The summed E-state index contributed by atoms with van der Waals surface area (Å²) in [5, 5.41) is 4.88. The Morgan fingerprint density at radius 3 is 2.35 bits per heavy atom. The topological polar surface area (TPSA) is 71.2 Å². The van der Waals surface area contributed by atoms with Gasteiger partial charge in [0.25, 0.3) is 0 Å². The van der Waals surface area contributed by atoms with Crippen LogP contribution in [0.15, 0.2) is 42.5 Å². The molecule has 5 rings (SSSR count). The van der Waals surface area contributed by atoms with Gasteiger partial charge >= 0.3 is 6.03 Å². The van der Waals surface area contributed by atoms with Crippen LogP contribution < -0.4 is 20.5 Å². The zero-order valence-corrected chi connectivity index (χ0v) is 22.4. The second-order valence-electron chi connectivity index (χ2n) is 10.7. The van der Waals surface area contributed by atoms with E-state index in [9.17, 15) is 9.59 Å². The predicted molar refractivity (Wildman–Crippen MR) is 149 cm³/mol. The highest BCUT2D eigenvalue weighted by Gasteiger charge is 2.32. The van der Waals surface area contributed by atoms with Gasteiger partial charge in [0.1, 0.15) is 0 Å². The van der Waals surface area contributed by atoms with Crippen molar-refractivity contribution in [2.75, 3.05) is 48.0 Å². The van der Waals surface area contributed by atoms with Gasteiger partial charge in [-0.1, -0.05) is 19.4 Å². The van der Waals surface area contributed by atoms with Gasteiger partial charge < -0.3 is 10.2 Å². The molecule has 198 valence electrons. The molecule has 2 heterocycles. The Balaban J connectivity index is 1.17. The van der Waals surface area contributed by atoms with Crippen molar-refractivity contribution >= 4 is 29.0 Å². The van der Waals surface area contributed by atoms with Crippen LogP contribution >= 0.6 is 0 Å². The van der Waals surface area contributed by atoms with Gasteiger partial charge in [-0.2, -0.15) is 0 Å². The number of aryl methyl sites for hydroxylation is 2. The van der Waals surface area contributed by atoms with Gasteiger partial charge in [-0.15, -0.1) is 0 Å². The molecule has 0 spiro atoms. The quantitative estimate of drug-likeness (QED) is 0.563. The van der Waals surface area contributed by atoms with Crippen molar-refractivity contribution in [1.82, 2.24) is 15.3 Å². The Hall–Kier alpha value is -3.10. The zero-order chi connectivity index (χ0) is 25.9. The number of anilines is 3. The molecular formula is C29H40N6O2. The van der Waals surface area contributed by atoms with Crippen molar-refractivity contribution in [3.05, 3.63) is 53.6 Å². The van der Waals surface area contributed by atoms with Crippen molar-refractivity contribution < 1.29 is 9.59 Å². The van der Waals surface area contributed by atoms with Crippen LogP contribution in [0.4, 0.5) is 21.9 Å². The lowest BCUT2D eigenvalue weighted by molar-refractivity contribution is -0.121. The number of piperazine rings is 1. The molecule has 2 N–H and O–H groups in total. The van der Waals surface area contributed by atoms with E-state index in [0.29, 0.717) is 6.67 Å². The number of hydrogen-bond donors (Lipinski definition) is 2. The third kappa shape index (κ3) is 5.45.